The molecule has 2 heterocycles. The standard InChI is InChI=1S/C26H38N2O2/c1-30-24-12-9-22(10-13-24)8-5-17-27-18-16-25-23(20-27)11-14-26(29)28(25)19-15-21-6-3-2-4-7-21/h5,8-10,12-13,21,23,25H,2-4,6-7,11,14-20H2,1H3/t23-,25+/m1/s1. The summed E-state index contributed by atoms with van der Waals surface area (Å²) in [6, 6.07) is 8.69. The molecule has 2 saturated heterocycles. The Hall–Kier alpha value is -1.81. The quantitative estimate of drug-likeness (QED) is 0.635. The molecule has 4 heteroatoms. The summed E-state index contributed by atoms with van der Waals surface area (Å²) >= 11 is 0. The van der Waals surface area contributed by atoms with E-state index in [4.69, 9.17) is 4.74 Å². The number of nitrogens with zero attached hydrogens (tertiary/aromatic N) is 2. The van der Waals surface area contributed by atoms with Gasteiger partial charge in [0.25, 0.3) is 0 Å². The molecule has 1 amide bonds. The number of amides is 1. The minimum atomic E-state index is 0.417. The van der Waals surface area contributed by atoms with Crippen LogP contribution in [0.4, 0.5) is 0 Å². The summed E-state index contributed by atoms with van der Waals surface area (Å²) in [6.45, 7) is 4.22. The largest absolute Gasteiger partial charge is 0.497 e. The first-order valence-corrected chi connectivity index (χ1v) is 12.1. The number of carbonyl (C=O) groups excluding carboxylic acids is 1. The van der Waals surface area contributed by atoms with Crippen molar-refractivity contribution in [1.82, 2.24) is 9.80 Å². The van der Waals surface area contributed by atoms with Crippen LogP contribution in [-0.4, -0.2) is 55.0 Å². The highest BCUT2D eigenvalue weighted by Gasteiger charge is 2.38. The Morgan fingerprint density at radius 3 is 2.63 bits per heavy atom. The predicted octanol–water partition coefficient (Wildman–Crippen LogP) is 4.99. The van der Waals surface area contributed by atoms with Gasteiger partial charge in [0.2, 0.25) is 5.91 Å². The molecule has 1 saturated carbocycles. The zero-order chi connectivity index (χ0) is 20.8. The number of rotatable bonds is 7. The third-order valence-electron chi connectivity index (χ3n) is 7.52. The topological polar surface area (TPSA) is 32.8 Å². The number of methoxy groups -OCH3 is 1. The summed E-state index contributed by atoms with van der Waals surface area (Å²) in [5.41, 5.74) is 1.21. The van der Waals surface area contributed by atoms with Crippen molar-refractivity contribution in [3.63, 3.8) is 0 Å². The average Bonchev–Trinajstić information content (AvgIpc) is 2.79. The van der Waals surface area contributed by atoms with Crippen LogP contribution in [0.2, 0.25) is 0 Å². The van der Waals surface area contributed by atoms with Crippen LogP contribution in [0.3, 0.4) is 0 Å². The SMILES string of the molecule is COc1ccc(C=CCN2CC[C@H]3[C@H](CCC(=O)N3CCC3CCCCC3)C2)cc1. The fourth-order valence-corrected chi connectivity index (χ4v) is 5.73. The maximum Gasteiger partial charge on any atom is 0.222 e. The van der Waals surface area contributed by atoms with E-state index in [1.54, 1.807) is 7.11 Å². The van der Waals surface area contributed by atoms with Gasteiger partial charge < -0.3 is 9.64 Å². The Morgan fingerprint density at radius 1 is 1.07 bits per heavy atom. The van der Waals surface area contributed by atoms with Gasteiger partial charge >= 0.3 is 0 Å². The summed E-state index contributed by atoms with van der Waals surface area (Å²) < 4.78 is 5.23. The second-order valence-electron chi connectivity index (χ2n) is 9.47. The van der Waals surface area contributed by atoms with E-state index in [0.29, 0.717) is 17.9 Å². The molecular weight excluding hydrogens is 372 g/mol. The van der Waals surface area contributed by atoms with Crippen molar-refractivity contribution in [2.24, 2.45) is 11.8 Å². The molecule has 0 aromatic heterocycles. The molecule has 1 aliphatic carbocycles. The van der Waals surface area contributed by atoms with Gasteiger partial charge in [0.05, 0.1) is 7.11 Å². The lowest BCUT2D eigenvalue weighted by atomic mass is 9.82. The first-order chi connectivity index (χ1) is 14.7. The normalized spacial score (nSPS) is 26.2. The van der Waals surface area contributed by atoms with Crippen LogP contribution in [0.25, 0.3) is 6.08 Å². The van der Waals surface area contributed by atoms with E-state index in [0.717, 1.165) is 57.1 Å². The van der Waals surface area contributed by atoms with E-state index < -0.39 is 0 Å². The Bertz CT molecular complexity index is 708. The lowest BCUT2D eigenvalue weighted by molar-refractivity contribution is -0.141. The van der Waals surface area contributed by atoms with Gasteiger partial charge in [-0.2, -0.15) is 0 Å². The molecular formula is C26H38N2O2. The molecule has 3 fully saturated rings. The number of piperidine rings is 2. The van der Waals surface area contributed by atoms with Crippen molar-refractivity contribution in [3.8, 4) is 5.75 Å². The van der Waals surface area contributed by atoms with E-state index in [-0.39, 0.29) is 0 Å². The average molecular weight is 411 g/mol. The van der Waals surface area contributed by atoms with Crippen LogP contribution in [0.1, 0.15) is 63.4 Å². The third-order valence-corrected chi connectivity index (χ3v) is 7.52. The second-order valence-corrected chi connectivity index (χ2v) is 9.47. The fraction of sp³-hybridized carbons (Fsp3) is 0.654. The number of hydrogen-bond donors (Lipinski definition) is 0. The molecule has 164 valence electrons. The van der Waals surface area contributed by atoms with Gasteiger partial charge in [-0.25, -0.2) is 0 Å². The van der Waals surface area contributed by atoms with Gasteiger partial charge in [0, 0.05) is 38.6 Å². The smallest absolute Gasteiger partial charge is 0.222 e. The minimum Gasteiger partial charge on any atom is -0.497 e. The van der Waals surface area contributed by atoms with Crippen molar-refractivity contribution in [3.05, 3.63) is 35.9 Å². The fourth-order valence-electron chi connectivity index (χ4n) is 5.73. The third kappa shape index (κ3) is 5.46. The molecule has 0 radical (unpaired) electrons. The number of benzene rings is 1. The van der Waals surface area contributed by atoms with Crippen molar-refractivity contribution < 1.29 is 9.53 Å². The van der Waals surface area contributed by atoms with Crippen molar-refractivity contribution in [1.29, 1.82) is 0 Å². The molecule has 30 heavy (non-hydrogen) atoms. The Labute approximate surface area is 182 Å². The maximum absolute atomic E-state index is 12.7. The van der Waals surface area contributed by atoms with Crippen LogP contribution in [-0.2, 0) is 4.79 Å². The van der Waals surface area contributed by atoms with Crippen molar-refractivity contribution in [2.45, 2.75) is 63.8 Å². The number of ether oxygens (including phenoxy) is 1. The van der Waals surface area contributed by atoms with Gasteiger partial charge in [-0.3, -0.25) is 9.69 Å². The van der Waals surface area contributed by atoms with Crippen LogP contribution >= 0.6 is 0 Å². The monoisotopic (exact) mass is 410 g/mol. The van der Waals surface area contributed by atoms with Crippen LogP contribution in [0.5, 0.6) is 5.75 Å². The van der Waals surface area contributed by atoms with Crippen LogP contribution < -0.4 is 4.74 Å². The molecule has 1 aromatic rings. The molecule has 1 aromatic carbocycles. The highest BCUT2D eigenvalue weighted by Crippen LogP contribution is 2.33. The van der Waals surface area contributed by atoms with E-state index in [2.05, 4.69) is 34.1 Å². The first kappa shape index (κ1) is 21.4. The van der Waals surface area contributed by atoms with Gasteiger partial charge in [0.1, 0.15) is 5.75 Å². The van der Waals surface area contributed by atoms with Crippen molar-refractivity contribution in [2.75, 3.05) is 33.3 Å². The first-order valence-electron chi connectivity index (χ1n) is 12.1. The molecule has 0 spiro atoms. The second kappa shape index (κ2) is 10.5. The molecule has 4 rings (SSSR count). The summed E-state index contributed by atoms with van der Waals surface area (Å²) in [4.78, 5) is 17.5. The number of fused-ring (bicyclic) bond motifs is 1. The van der Waals surface area contributed by atoms with Gasteiger partial charge in [-0.15, -0.1) is 0 Å². The maximum atomic E-state index is 12.7. The minimum absolute atomic E-state index is 0.417. The summed E-state index contributed by atoms with van der Waals surface area (Å²) in [5.74, 6) is 2.82. The molecule has 0 bridgehead atoms. The number of likely N-dealkylation sites (tertiary alicyclic amines) is 2. The van der Waals surface area contributed by atoms with Gasteiger partial charge in [-0.1, -0.05) is 56.4 Å². The lowest BCUT2D eigenvalue weighted by Crippen LogP contribution is -2.56. The number of hydrogen-bond acceptors (Lipinski definition) is 3. The van der Waals surface area contributed by atoms with Crippen LogP contribution in [0, 0.1) is 11.8 Å². The zero-order valence-corrected chi connectivity index (χ0v) is 18.6. The molecule has 3 aliphatic rings. The highest BCUT2D eigenvalue weighted by atomic mass is 16.5. The molecule has 4 nitrogen and oxygen atoms in total. The highest BCUT2D eigenvalue weighted by molar-refractivity contribution is 5.77. The molecule has 2 aliphatic heterocycles. The Kier molecular flexibility index (Phi) is 7.48. The van der Waals surface area contributed by atoms with E-state index in [1.165, 1.54) is 44.1 Å². The van der Waals surface area contributed by atoms with Gasteiger partial charge in [-0.05, 0) is 48.8 Å². The van der Waals surface area contributed by atoms with E-state index in [9.17, 15) is 4.79 Å². The summed E-state index contributed by atoms with van der Waals surface area (Å²) in [7, 11) is 1.70. The molecule has 0 unspecified atom stereocenters. The lowest BCUT2D eigenvalue weighted by Gasteiger charge is -2.47. The predicted molar refractivity (Wildman–Crippen MR) is 123 cm³/mol. The zero-order valence-electron chi connectivity index (χ0n) is 18.6. The van der Waals surface area contributed by atoms with Crippen molar-refractivity contribution >= 4 is 12.0 Å². The van der Waals surface area contributed by atoms with Crippen LogP contribution in [0.15, 0.2) is 30.3 Å². The van der Waals surface area contributed by atoms with E-state index in [1.807, 2.05) is 12.1 Å². The Balaban J connectivity index is 1.26. The number of carbonyl (C=O) groups is 1. The summed E-state index contributed by atoms with van der Waals surface area (Å²) in [6.07, 6.45) is 15.6. The Morgan fingerprint density at radius 2 is 1.87 bits per heavy atom. The molecule has 2 atom stereocenters. The summed E-state index contributed by atoms with van der Waals surface area (Å²) in [5, 5.41) is 0. The molecule has 0 N–H and O–H groups in total. The van der Waals surface area contributed by atoms with Gasteiger partial charge in [0.15, 0.2) is 0 Å². The van der Waals surface area contributed by atoms with E-state index >= 15 is 0 Å².